The molecule has 2 unspecified atom stereocenters. The number of carbonyl (C=O) groups excluding carboxylic acids is 1. The quantitative estimate of drug-likeness (QED) is 0.562. The SMILES string of the molecule is O=C(O)NC1CCc2ccc(C=CC(=O)NOC3CCCCO3)cc21. The van der Waals surface area contributed by atoms with Gasteiger partial charge >= 0.3 is 6.09 Å². The smallest absolute Gasteiger partial charge is 0.405 e. The Morgan fingerprint density at radius 1 is 1.28 bits per heavy atom. The lowest BCUT2D eigenvalue weighted by Gasteiger charge is -2.21. The average Bonchev–Trinajstić information content (AvgIpc) is 3.00. The van der Waals surface area contributed by atoms with Gasteiger partial charge in [-0.2, -0.15) is 0 Å². The molecule has 0 spiro atoms. The Morgan fingerprint density at radius 3 is 2.92 bits per heavy atom. The van der Waals surface area contributed by atoms with Gasteiger partial charge < -0.3 is 15.2 Å². The zero-order chi connectivity index (χ0) is 17.6. The van der Waals surface area contributed by atoms with Crippen molar-refractivity contribution in [2.75, 3.05) is 6.61 Å². The van der Waals surface area contributed by atoms with Crippen molar-refractivity contribution in [3.63, 3.8) is 0 Å². The lowest BCUT2D eigenvalue weighted by molar-refractivity contribution is -0.198. The summed E-state index contributed by atoms with van der Waals surface area (Å²) < 4.78 is 5.37. The Labute approximate surface area is 146 Å². The van der Waals surface area contributed by atoms with Gasteiger partial charge in [-0.15, -0.1) is 0 Å². The molecule has 3 N–H and O–H groups in total. The van der Waals surface area contributed by atoms with Crippen molar-refractivity contribution in [2.24, 2.45) is 0 Å². The van der Waals surface area contributed by atoms with E-state index in [0.717, 1.165) is 48.8 Å². The summed E-state index contributed by atoms with van der Waals surface area (Å²) in [6.45, 7) is 0.650. The lowest BCUT2D eigenvalue weighted by atomic mass is 10.0. The Balaban J connectivity index is 1.56. The zero-order valence-corrected chi connectivity index (χ0v) is 13.9. The summed E-state index contributed by atoms with van der Waals surface area (Å²) in [5.74, 6) is -0.366. The summed E-state index contributed by atoms with van der Waals surface area (Å²) in [6.07, 6.45) is 6.07. The van der Waals surface area contributed by atoms with Crippen molar-refractivity contribution in [1.29, 1.82) is 0 Å². The highest BCUT2D eigenvalue weighted by Crippen LogP contribution is 2.32. The zero-order valence-electron chi connectivity index (χ0n) is 13.9. The normalized spacial score (nSPS) is 22.6. The molecular formula is C18H22N2O5. The second kappa shape index (κ2) is 8.13. The highest BCUT2D eigenvalue weighted by atomic mass is 16.8. The molecule has 1 aromatic carbocycles. The summed E-state index contributed by atoms with van der Waals surface area (Å²) in [5, 5.41) is 11.4. The molecule has 2 amide bonds. The van der Waals surface area contributed by atoms with Crippen LogP contribution in [0, 0.1) is 0 Å². The largest absolute Gasteiger partial charge is 0.465 e. The van der Waals surface area contributed by atoms with Crippen LogP contribution < -0.4 is 10.8 Å². The first kappa shape index (κ1) is 17.4. The highest BCUT2D eigenvalue weighted by Gasteiger charge is 2.23. The number of hydrogen-bond donors (Lipinski definition) is 3. The van der Waals surface area contributed by atoms with Gasteiger partial charge in [-0.3, -0.25) is 4.79 Å². The fourth-order valence-electron chi connectivity index (χ4n) is 3.16. The van der Waals surface area contributed by atoms with Gasteiger partial charge in [0.05, 0.1) is 6.04 Å². The van der Waals surface area contributed by atoms with Crippen molar-refractivity contribution in [3.8, 4) is 0 Å². The molecule has 1 heterocycles. The number of fused-ring (bicyclic) bond motifs is 1. The van der Waals surface area contributed by atoms with E-state index in [9.17, 15) is 9.59 Å². The molecule has 7 nitrogen and oxygen atoms in total. The molecule has 7 heteroatoms. The third-order valence-corrected chi connectivity index (χ3v) is 4.40. The van der Waals surface area contributed by atoms with Crippen LogP contribution in [0.25, 0.3) is 6.08 Å². The van der Waals surface area contributed by atoms with E-state index in [1.54, 1.807) is 6.08 Å². The van der Waals surface area contributed by atoms with Crippen LogP contribution in [0.4, 0.5) is 4.79 Å². The second-order valence-electron chi connectivity index (χ2n) is 6.21. The van der Waals surface area contributed by atoms with Crippen molar-refractivity contribution >= 4 is 18.1 Å². The summed E-state index contributed by atoms with van der Waals surface area (Å²) >= 11 is 0. The Morgan fingerprint density at radius 2 is 2.16 bits per heavy atom. The molecule has 134 valence electrons. The van der Waals surface area contributed by atoms with E-state index in [1.165, 1.54) is 6.08 Å². The minimum absolute atomic E-state index is 0.193. The van der Waals surface area contributed by atoms with Crippen LogP contribution in [0.5, 0.6) is 0 Å². The van der Waals surface area contributed by atoms with Crippen molar-refractivity contribution in [2.45, 2.75) is 44.4 Å². The van der Waals surface area contributed by atoms with Gasteiger partial charge in [-0.1, -0.05) is 12.1 Å². The van der Waals surface area contributed by atoms with Crippen LogP contribution in [-0.4, -0.2) is 30.0 Å². The standard InChI is InChI=1S/C18H22N2O5/c21-16(20-25-17-3-1-2-10-24-17)9-5-12-4-6-13-7-8-15(14(13)11-12)19-18(22)23/h4-6,9,11,15,17,19H,1-3,7-8,10H2,(H,20,21)(H,22,23). The monoisotopic (exact) mass is 346 g/mol. The molecule has 0 bridgehead atoms. The van der Waals surface area contributed by atoms with Gasteiger partial charge in [-0.25, -0.2) is 15.1 Å². The fraction of sp³-hybridized carbons (Fsp3) is 0.444. The molecule has 0 radical (unpaired) electrons. The third kappa shape index (κ3) is 4.80. The molecule has 1 aliphatic carbocycles. The maximum absolute atomic E-state index is 11.8. The van der Waals surface area contributed by atoms with Crippen molar-refractivity contribution in [1.82, 2.24) is 10.8 Å². The Bertz CT molecular complexity index is 667. The molecule has 2 aliphatic rings. The van der Waals surface area contributed by atoms with Gasteiger partial charge in [0, 0.05) is 19.1 Å². The van der Waals surface area contributed by atoms with Gasteiger partial charge in [-0.05, 0) is 54.5 Å². The number of hydrogen-bond acceptors (Lipinski definition) is 4. The summed E-state index contributed by atoms with van der Waals surface area (Å²) in [4.78, 5) is 27.9. The van der Waals surface area contributed by atoms with E-state index in [2.05, 4.69) is 10.8 Å². The molecule has 1 saturated heterocycles. The lowest BCUT2D eigenvalue weighted by Crippen LogP contribution is -2.32. The second-order valence-corrected chi connectivity index (χ2v) is 6.21. The maximum Gasteiger partial charge on any atom is 0.405 e. The van der Waals surface area contributed by atoms with Crippen LogP contribution >= 0.6 is 0 Å². The predicted molar refractivity (Wildman–Crippen MR) is 90.5 cm³/mol. The van der Waals surface area contributed by atoms with Crippen LogP contribution in [0.1, 0.15) is 48.4 Å². The summed E-state index contributed by atoms with van der Waals surface area (Å²) in [6, 6.07) is 5.61. The third-order valence-electron chi connectivity index (χ3n) is 4.40. The number of hydroxylamine groups is 1. The molecule has 3 rings (SSSR count). The van der Waals surface area contributed by atoms with Gasteiger partial charge in [0.15, 0.2) is 6.29 Å². The molecular weight excluding hydrogens is 324 g/mol. The van der Waals surface area contributed by atoms with E-state index in [0.29, 0.717) is 6.61 Å². The topological polar surface area (TPSA) is 96.9 Å². The van der Waals surface area contributed by atoms with E-state index < -0.39 is 6.09 Å². The molecule has 0 saturated carbocycles. The van der Waals surface area contributed by atoms with Crippen LogP contribution in [0.15, 0.2) is 24.3 Å². The van der Waals surface area contributed by atoms with Crippen molar-refractivity contribution in [3.05, 3.63) is 41.0 Å². The van der Waals surface area contributed by atoms with Gasteiger partial charge in [0.1, 0.15) is 0 Å². The Kier molecular flexibility index (Phi) is 5.67. The minimum Gasteiger partial charge on any atom is -0.465 e. The number of carboxylic acid groups (broad SMARTS) is 1. The van der Waals surface area contributed by atoms with Crippen molar-refractivity contribution < 1.29 is 24.3 Å². The number of aryl methyl sites for hydroxylation is 1. The molecule has 0 aromatic heterocycles. The average molecular weight is 346 g/mol. The molecule has 2 atom stereocenters. The van der Waals surface area contributed by atoms with E-state index in [-0.39, 0.29) is 18.2 Å². The summed E-state index contributed by atoms with van der Waals surface area (Å²) in [5.41, 5.74) is 5.31. The first-order valence-corrected chi connectivity index (χ1v) is 8.49. The molecule has 1 fully saturated rings. The predicted octanol–water partition coefficient (Wildman–Crippen LogP) is 2.53. The van der Waals surface area contributed by atoms with Gasteiger partial charge in [0.25, 0.3) is 5.91 Å². The molecule has 25 heavy (non-hydrogen) atoms. The van der Waals surface area contributed by atoms with Crippen LogP contribution in [-0.2, 0) is 20.8 Å². The minimum atomic E-state index is -1.03. The number of amides is 2. The fourth-order valence-corrected chi connectivity index (χ4v) is 3.16. The Hall–Kier alpha value is -2.38. The highest BCUT2D eigenvalue weighted by molar-refractivity contribution is 5.91. The van der Waals surface area contributed by atoms with Gasteiger partial charge in [0.2, 0.25) is 0 Å². The van der Waals surface area contributed by atoms with E-state index >= 15 is 0 Å². The number of carbonyl (C=O) groups is 2. The first-order chi connectivity index (χ1) is 12.1. The maximum atomic E-state index is 11.8. The number of ether oxygens (including phenoxy) is 1. The number of nitrogens with one attached hydrogen (secondary N) is 2. The van der Waals surface area contributed by atoms with Crippen LogP contribution in [0.3, 0.4) is 0 Å². The van der Waals surface area contributed by atoms with E-state index in [4.69, 9.17) is 14.7 Å². The molecule has 1 aromatic rings. The first-order valence-electron chi connectivity index (χ1n) is 8.49. The van der Waals surface area contributed by atoms with Crippen LogP contribution in [0.2, 0.25) is 0 Å². The van der Waals surface area contributed by atoms with E-state index in [1.807, 2.05) is 18.2 Å². The number of benzene rings is 1. The molecule has 1 aliphatic heterocycles. The number of rotatable bonds is 5. The summed E-state index contributed by atoms with van der Waals surface area (Å²) in [7, 11) is 0.